The maximum atomic E-state index is 12.6. The fourth-order valence-corrected chi connectivity index (χ4v) is 1.23. The highest BCUT2D eigenvalue weighted by molar-refractivity contribution is 5.19. The quantitative estimate of drug-likeness (QED) is 0.753. The minimum Gasteiger partial charge on any atom is -0.310 e. The molecule has 0 fully saturated rings. The average Bonchev–Trinajstić information content (AvgIpc) is 2.15. The minimum absolute atomic E-state index is 0.175. The molecule has 1 N–H and O–H groups in total. The van der Waals surface area contributed by atoms with Gasteiger partial charge in [-0.15, -0.1) is 0 Å². The van der Waals surface area contributed by atoms with E-state index in [9.17, 15) is 4.39 Å². The van der Waals surface area contributed by atoms with Crippen LogP contribution in [0.5, 0.6) is 0 Å². The van der Waals surface area contributed by atoms with E-state index in [1.54, 1.807) is 0 Å². The average molecular weight is 181 g/mol. The number of nitrogens with one attached hydrogen (secondary N) is 1. The predicted molar refractivity (Wildman–Crippen MR) is 53.1 cm³/mol. The summed E-state index contributed by atoms with van der Waals surface area (Å²) < 4.78 is 12.6. The summed E-state index contributed by atoms with van der Waals surface area (Å²) in [4.78, 5) is 0. The van der Waals surface area contributed by atoms with Crippen molar-refractivity contribution in [2.45, 2.75) is 26.3 Å². The minimum atomic E-state index is -0.175. The SMILES string of the molecule is CCCN[C@H](C)c1ccc(F)cc1. The Morgan fingerprint density at radius 1 is 1.31 bits per heavy atom. The first-order chi connectivity index (χ1) is 6.24. The van der Waals surface area contributed by atoms with Crippen molar-refractivity contribution >= 4 is 0 Å². The lowest BCUT2D eigenvalue weighted by Gasteiger charge is -2.12. The molecular weight excluding hydrogens is 165 g/mol. The molecule has 1 rings (SSSR count). The topological polar surface area (TPSA) is 12.0 Å². The molecule has 0 unspecified atom stereocenters. The highest BCUT2D eigenvalue weighted by Crippen LogP contribution is 2.12. The molecule has 1 atom stereocenters. The Morgan fingerprint density at radius 3 is 2.46 bits per heavy atom. The Bertz CT molecular complexity index is 243. The van der Waals surface area contributed by atoms with Crippen LogP contribution in [0.1, 0.15) is 31.9 Å². The summed E-state index contributed by atoms with van der Waals surface area (Å²) in [5, 5.41) is 3.35. The fourth-order valence-electron chi connectivity index (χ4n) is 1.23. The van der Waals surface area contributed by atoms with Crippen LogP contribution in [-0.4, -0.2) is 6.54 Å². The van der Waals surface area contributed by atoms with E-state index in [1.807, 2.05) is 12.1 Å². The predicted octanol–water partition coefficient (Wildman–Crippen LogP) is 2.89. The molecule has 0 spiro atoms. The Balaban J connectivity index is 2.55. The zero-order valence-electron chi connectivity index (χ0n) is 8.18. The molecule has 0 heterocycles. The molecule has 0 saturated carbocycles. The highest BCUT2D eigenvalue weighted by atomic mass is 19.1. The van der Waals surface area contributed by atoms with Gasteiger partial charge in [0.2, 0.25) is 0 Å². The molecule has 72 valence electrons. The molecule has 2 heteroatoms. The van der Waals surface area contributed by atoms with Crippen molar-refractivity contribution in [3.63, 3.8) is 0 Å². The first kappa shape index (κ1) is 10.2. The van der Waals surface area contributed by atoms with E-state index in [4.69, 9.17) is 0 Å². The summed E-state index contributed by atoms with van der Waals surface area (Å²) in [6, 6.07) is 6.95. The third-order valence-electron chi connectivity index (χ3n) is 2.07. The molecule has 0 aliphatic rings. The maximum absolute atomic E-state index is 12.6. The summed E-state index contributed by atoms with van der Waals surface area (Å²) in [7, 11) is 0. The van der Waals surface area contributed by atoms with E-state index in [0.717, 1.165) is 18.5 Å². The Morgan fingerprint density at radius 2 is 1.92 bits per heavy atom. The summed E-state index contributed by atoms with van der Waals surface area (Å²) >= 11 is 0. The van der Waals surface area contributed by atoms with Crippen molar-refractivity contribution in [1.29, 1.82) is 0 Å². The molecule has 0 radical (unpaired) electrons. The number of benzene rings is 1. The van der Waals surface area contributed by atoms with E-state index in [1.165, 1.54) is 12.1 Å². The molecule has 0 aliphatic heterocycles. The maximum Gasteiger partial charge on any atom is 0.123 e. The summed E-state index contributed by atoms with van der Waals surface area (Å²) in [5.74, 6) is -0.175. The van der Waals surface area contributed by atoms with Gasteiger partial charge in [-0.25, -0.2) is 4.39 Å². The lowest BCUT2D eigenvalue weighted by molar-refractivity contribution is 0.567. The third-order valence-corrected chi connectivity index (χ3v) is 2.07. The van der Waals surface area contributed by atoms with E-state index in [2.05, 4.69) is 19.2 Å². The van der Waals surface area contributed by atoms with Crippen LogP contribution < -0.4 is 5.32 Å². The van der Waals surface area contributed by atoms with Gasteiger partial charge in [0.25, 0.3) is 0 Å². The van der Waals surface area contributed by atoms with Crippen LogP contribution >= 0.6 is 0 Å². The van der Waals surface area contributed by atoms with Crippen LogP contribution in [0, 0.1) is 5.82 Å². The van der Waals surface area contributed by atoms with E-state index in [-0.39, 0.29) is 5.82 Å². The van der Waals surface area contributed by atoms with Gasteiger partial charge in [0.1, 0.15) is 5.82 Å². The van der Waals surface area contributed by atoms with E-state index < -0.39 is 0 Å². The third kappa shape index (κ3) is 3.15. The fraction of sp³-hybridized carbons (Fsp3) is 0.455. The van der Waals surface area contributed by atoms with Gasteiger partial charge < -0.3 is 5.32 Å². The van der Waals surface area contributed by atoms with E-state index in [0.29, 0.717) is 6.04 Å². The number of hydrogen-bond acceptors (Lipinski definition) is 1. The number of hydrogen-bond donors (Lipinski definition) is 1. The zero-order chi connectivity index (χ0) is 9.68. The van der Waals surface area contributed by atoms with Crippen LogP contribution in [0.3, 0.4) is 0 Å². The molecule has 0 amide bonds. The van der Waals surface area contributed by atoms with Gasteiger partial charge in [0.05, 0.1) is 0 Å². The molecule has 0 saturated heterocycles. The first-order valence-electron chi connectivity index (χ1n) is 4.73. The molecule has 13 heavy (non-hydrogen) atoms. The van der Waals surface area contributed by atoms with Gasteiger partial charge in [-0.3, -0.25) is 0 Å². The highest BCUT2D eigenvalue weighted by Gasteiger charge is 2.02. The van der Waals surface area contributed by atoms with Gasteiger partial charge >= 0.3 is 0 Å². The van der Waals surface area contributed by atoms with Crippen LogP contribution in [0.4, 0.5) is 4.39 Å². The monoisotopic (exact) mass is 181 g/mol. The van der Waals surface area contributed by atoms with E-state index >= 15 is 0 Å². The first-order valence-corrected chi connectivity index (χ1v) is 4.73. The standard InChI is InChI=1S/C11H16FN/c1-3-8-13-9(2)10-4-6-11(12)7-5-10/h4-7,9,13H,3,8H2,1-2H3/t9-/m1/s1. The van der Waals surface area contributed by atoms with Crippen molar-refractivity contribution < 1.29 is 4.39 Å². The molecule has 0 aromatic heterocycles. The van der Waals surface area contributed by atoms with Gasteiger partial charge in [-0.05, 0) is 37.6 Å². The normalized spacial score (nSPS) is 12.8. The lowest BCUT2D eigenvalue weighted by Crippen LogP contribution is -2.19. The summed E-state index contributed by atoms with van der Waals surface area (Å²) in [6.45, 7) is 5.21. The molecule has 1 nitrogen and oxygen atoms in total. The second kappa shape index (κ2) is 4.97. The molecule has 1 aromatic carbocycles. The molecular formula is C11H16FN. The number of halogens is 1. The second-order valence-corrected chi connectivity index (χ2v) is 3.23. The lowest BCUT2D eigenvalue weighted by atomic mass is 10.1. The largest absolute Gasteiger partial charge is 0.310 e. The van der Waals surface area contributed by atoms with Crippen molar-refractivity contribution in [1.82, 2.24) is 5.32 Å². The molecule has 0 aliphatic carbocycles. The Kier molecular flexibility index (Phi) is 3.90. The zero-order valence-corrected chi connectivity index (χ0v) is 8.18. The van der Waals surface area contributed by atoms with Gasteiger partial charge in [0.15, 0.2) is 0 Å². The van der Waals surface area contributed by atoms with Crippen molar-refractivity contribution in [3.8, 4) is 0 Å². The molecule has 0 bridgehead atoms. The van der Waals surface area contributed by atoms with Crippen LogP contribution in [0.15, 0.2) is 24.3 Å². The van der Waals surface area contributed by atoms with Crippen molar-refractivity contribution in [3.05, 3.63) is 35.6 Å². The van der Waals surface area contributed by atoms with Crippen LogP contribution in [0.25, 0.3) is 0 Å². The van der Waals surface area contributed by atoms with Gasteiger partial charge in [0, 0.05) is 6.04 Å². The van der Waals surface area contributed by atoms with Crippen LogP contribution in [-0.2, 0) is 0 Å². The van der Waals surface area contributed by atoms with Gasteiger partial charge in [-0.2, -0.15) is 0 Å². The Hall–Kier alpha value is -0.890. The van der Waals surface area contributed by atoms with Crippen molar-refractivity contribution in [2.24, 2.45) is 0 Å². The van der Waals surface area contributed by atoms with Crippen molar-refractivity contribution in [2.75, 3.05) is 6.54 Å². The molecule has 1 aromatic rings. The summed E-state index contributed by atoms with van der Waals surface area (Å²) in [6.07, 6.45) is 1.12. The second-order valence-electron chi connectivity index (χ2n) is 3.23. The summed E-state index contributed by atoms with van der Waals surface area (Å²) in [5.41, 5.74) is 1.13. The Labute approximate surface area is 79.0 Å². The number of rotatable bonds is 4. The van der Waals surface area contributed by atoms with Crippen LogP contribution in [0.2, 0.25) is 0 Å². The smallest absolute Gasteiger partial charge is 0.123 e. The van der Waals surface area contributed by atoms with Gasteiger partial charge in [-0.1, -0.05) is 19.1 Å².